The minimum atomic E-state index is -0.356. The molecule has 3 amide bonds. The smallest absolute Gasteiger partial charge is 0.321 e. The zero-order chi connectivity index (χ0) is 19.6. The van der Waals surface area contributed by atoms with Gasteiger partial charge in [-0.05, 0) is 46.1 Å². The number of H-pyrrole nitrogens is 1. The van der Waals surface area contributed by atoms with Crippen LogP contribution in [0.3, 0.4) is 0 Å². The predicted octanol–water partition coefficient (Wildman–Crippen LogP) is 3.42. The van der Waals surface area contributed by atoms with Crippen LogP contribution in [-0.2, 0) is 0 Å². The van der Waals surface area contributed by atoms with Crippen LogP contribution < -0.4 is 5.32 Å². The van der Waals surface area contributed by atoms with Gasteiger partial charge in [0, 0.05) is 31.9 Å². The minimum absolute atomic E-state index is 0.163. The maximum absolute atomic E-state index is 12.9. The Morgan fingerprint density at radius 2 is 1.74 bits per heavy atom. The maximum Gasteiger partial charge on any atom is 0.321 e. The molecular weight excluding hydrogens is 417 g/mol. The molecule has 3 rings (SSSR count). The van der Waals surface area contributed by atoms with Gasteiger partial charge in [0.25, 0.3) is 5.91 Å². The molecule has 0 bridgehead atoms. The molecule has 1 saturated heterocycles. The number of amides is 3. The fourth-order valence-corrected chi connectivity index (χ4v) is 3.67. The van der Waals surface area contributed by atoms with E-state index in [1.54, 1.807) is 9.80 Å². The minimum Gasteiger partial charge on any atom is -0.334 e. The predicted molar refractivity (Wildman–Crippen MR) is 103 cm³/mol. The molecule has 2 aromatic rings. The number of carbonyl (C=O) groups is 2. The highest BCUT2D eigenvalue weighted by molar-refractivity contribution is 9.10. The normalized spacial score (nSPS) is 14.6. The van der Waals surface area contributed by atoms with Gasteiger partial charge in [0.1, 0.15) is 5.82 Å². The summed E-state index contributed by atoms with van der Waals surface area (Å²) in [5.41, 5.74) is 1.78. The lowest BCUT2D eigenvalue weighted by Crippen LogP contribution is -2.51. The molecule has 0 atom stereocenters. The van der Waals surface area contributed by atoms with Crippen LogP contribution >= 0.6 is 15.9 Å². The Morgan fingerprint density at radius 1 is 1.15 bits per heavy atom. The first-order valence-corrected chi connectivity index (χ1v) is 9.50. The number of aromatic nitrogens is 2. The number of nitrogens with one attached hydrogen (secondary N) is 2. The summed E-state index contributed by atoms with van der Waals surface area (Å²) >= 11 is 3.45. The molecule has 1 aromatic heterocycles. The fourth-order valence-electron chi connectivity index (χ4n) is 2.86. The summed E-state index contributed by atoms with van der Waals surface area (Å²) in [6.45, 7) is 5.71. The van der Waals surface area contributed by atoms with E-state index in [1.807, 2.05) is 13.8 Å². The van der Waals surface area contributed by atoms with Gasteiger partial charge in [0.05, 0.1) is 10.2 Å². The van der Waals surface area contributed by atoms with E-state index in [1.165, 1.54) is 24.3 Å². The van der Waals surface area contributed by atoms with Gasteiger partial charge >= 0.3 is 6.03 Å². The number of hydrogen-bond acceptors (Lipinski definition) is 3. The molecule has 7 nitrogen and oxygen atoms in total. The number of nitrogens with zero attached hydrogens (tertiary/aromatic N) is 3. The average molecular weight is 438 g/mol. The second kappa shape index (κ2) is 8.08. The van der Waals surface area contributed by atoms with Crippen LogP contribution in [-0.4, -0.2) is 58.1 Å². The summed E-state index contributed by atoms with van der Waals surface area (Å²) in [5, 5.41) is 9.78. The number of halogens is 2. The summed E-state index contributed by atoms with van der Waals surface area (Å²) in [6.07, 6.45) is 0. The van der Waals surface area contributed by atoms with Gasteiger partial charge in [-0.3, -0.25) is 9.89 Å². The van der Waals surface area contributed by atoms with Crippen LogP contribution in [0.25, 0.3) is 0 Å². The molecule has 9 heteroatoms. The average Bonchev–Trinajstić information content (AvgIpc) is 3.05. The third-order valence-electron chi connectivity index (χ3n) is 4.46. The van der Waals surface area contributed by atoms with Gasteiger partial charge in [-0.15, -0.1) is 0 Å². The van der Waals surface area contributed by atoms with Crippen molar-refractivity contribution in [1.82, 2.24) is 20.0 Å². The van der Waals surface area contributed by atoms with E-state index < -0.39 is 0 Å². The van der Waals surface area contributed by atoms with Crippen LogP contribution in [0.1, 0.15) is 35.9 Å². The summed E-state index contributed by atoms with van der Waals surface area (Å²) < 4.78 is 13.6. The molecule has 144 valence electrons. The van der Waals surface area contributed by atoms with Crippen molar-refractivity contribution in [3.8, 4) is 0 Å². The van der Waals surface area contributed by atoms with Crippen LogP contribution in [0.2, 0.25) is 0 Å². The van der Waals surface area contributed by atoms with Gasteiger partial charge in [-0.2, -0.15) is 5.10 Å². The zero-order valence-electron chi connectivity index (χ0n) is 15.1. The number of piperazine rings is 1. The maximum atomic E-state index is 12.9. The molecule has 0 aliphatic carbocycles. The number of urea groups is 1. The monoisotopic (exact) mass is 437 g/mol. The Kier molecular flexibility index (Phi) is 5.79. The first-order chi connectivity index (χ1) is 12.9. The van der Waals surface area contributed by atoms with Gasteiger partial charge < -0.3 is 15.1 Å². The highest BCUT2D eigenvalue weighted by Gasteiger charge is 2.28. The molecule has 1 aliphatic rings. The molecule has 27 heavy (non-hydrogen) atoms. The largest absolute Gasteiger partial charge is 0.334 e. The van der Waals surface area contributed by atoms with Crippen LogP contribution in [0.4, 0.5) is 14.9 Å². The lowest BCUT2D eigenvalue weighted by Gasteiger charge is -2.34. The molecule has 0 spiro atoms. The van der Waals surface area contributed by atoms with Crippen molar-refractivity contribution in [3.05, 3.63) is 45.9 Å². The van der Waals surface area contributed by atoms with E-state index in [9.17, 15) is 14.0 Å². The molecule has 0 unspecified atom stereocenters. The van der Waals surface area contributed by atoms with E-state index >= 15 is 0 Å². The van der Waals surface area contributed by atoms with Crippen molar-refractivity contribution < 1.29 is 14.0 Å². The molecule has 2 heterocycles. The topological polar surface area (TPSA) is 81.3 Å². The Labute approximate surface area is 165 Å². The van der Waals surface area contributed by atoms with Crippen molar-refractivity contribution in [2.75, 3.05) is 31.5 Å². The van der Waals surface area contributed by atoms with Crippen LogP contribution in [0.15, 0.2) is 28.7 Å². The molecule has 0 radical (unpaired) electrons. The van der Waals surface area contributed by atoms with E-state index in [0.29, 0.717) is 42.0 Å². The quantitative estimate of drug-likeness (QED) is 0.771. The second-order valence-electron chi connectivity index (χ2n) is 6.67. The van der Waals surface area contributed by atoms with E-state index in [4.69, 9.17) is 0 Å². The first kappa shape index (κ1) is 19.3. The fraction of sp³-hybridized carbons (Fsp3) is 0.389. The van der Waals surface area contributed by atoms with Crippen molar-refractivity contribution in [2.45, 2.75) is 19.8 Å². The molecule has 1 aliphatic heterocycles. The van der Waals surface area contributed by atoms with Crippen molar-refractivity contribution in [3.63, 3.8) is 0 Å². The number of rotatable bonds is 3. The van der Waals surface area contributed by atoms with Gasteiger partial charge in [-0.25, -0.2) is 9.18 Å². The third-order valence-corrected chi connectivity index (χ3v) is 5.26. The summed E-state index contributed by atoms with van der Waals surface area (Å²) in [4.78, 5) is 28.4. The standard InChI is InChI=1S/C18H21BrFN5O2/c1-11(2)15-14(19)16(23-22-15)17(26)24-7-9-25(10-8-24)18(27)21-13-5-3-12(20)4-6-13/h3-6,11H,7-10H2,1-2H3,(H,21,27)(H,22,23). The Bertz CT molecular complexity index is 829. The molecule has 1 aromatic carbocycles. The van der Waals surface area contributed by atoms with Gasteiger partial charge in [0.15, 0.2) is 5.69 Å². The number of aromatic amines is 1. The Morgan fingerprint density at radius 3 is 2.30 bits per heavy atom. The van der Waals surface area contributed by atoms with Crippen molar-refractivity contribution in [2.24, 2.45) is 0 Å². The van der Waals surface area contributed by atoms with E-state index in [0.717, 1.165) is 5.69 Å². The van der Waals surface area contributed by atoms with Crippen molar-refractivity contribution >= 4 is 33.6 Å². The Hall–Kier alpha value is -2.42. The highest BCUT2D eigenvalue weighted by atomic mass is 79.9. The summed E-state index contributed by atoms with van der Waals surface area (Å²) in [6, 6.07) is 5.33. The zero-order valence-corrected chi connectivity index (χ0v) is 16.7. The molecule has 1 fully saturated rings. The third kappa shape index (κ3) is 4.29. The highest BCUT2D eigenvalue weighted by Crippen LogP contribution is 2.26. The SMILES string of the molecule is CC(C)c1[nH]nc(C(=O)N2CCN(C(=O)Nc3ccc(F)cc3)CC2)c1Br. The number of benzene rings is 1. The lowest BCUT2D eigenvalue weighted by molar-refractivity contribution is 0.0665. The second-order valence-corrected chi connectivity index (χ2v) is 7.46. The molecule has 0 saturated carbocycles. The molecule has 2 N–H and O–H groups in total. The number of anilines is 1. The van der Waals surface area contributed by atoms with E-state index in [-0.39, 0.29) is 23.7 Å². The van der Waals surface area contributed by atoms with Gasteiger partial charge in [0.2, 0.25) is 0 Å². The summed E-state index contributed by atoms with van der Waals surface area (Å²) in [7, 11) is 0. The van der Waals surface area contributed by atoms with Crippen molar-refractivity contribution in [1.29, 1.82) is 0 Å². The lowest BCUT2D eigenvalue weighted by atomic mass is 10.1. The number of carbonyl (C=O) groups excluding carboxylic acids is 2. The van der Waals surface area contributed by atoms with Crippen LogP contribution in [0.5, 0.6) is 0 Å². The van der Waals surface area contributed by atoms with Crippen LogP contribution in [0, 0.1) is 5.82 Å². The Balaban J connectivity index is 1.57. The van der Waals surface area contributed by atoms with E-state index in [2.05, 4.69) is 31.4 Å². The molecular formula is C18H21BrFN5O2. The summed E-state index contributed by atoms with van der Waals surface area (Å²) in [5.74, 6) is -0.297. The first-order valence-electron chi connectivity index (χ1n) is 8.71. The van der Waals surface area contributed by atoms with Gasteiger partial charge in [-0.1, -0.05) is 13.8 Å². The number of hydrogen-bond donors (Lipinski definition) is 2.